The minimum atomic E-state index is 0.372. The lowest BCUT2D eigenvalue weighted by Gasteiger charge is -2.25. The van der Waals surface area contributed by atoms with Crippen LogP contribution in [0.4, 0.5) is 0 Å². The zero-order chi connectivity index (χ0) is 10.2. The average molecular weight is 196 g/mol. The topological polar surface area (TPSA) is 0 Å². The lowest BCUT2D eigenvalue weighted by Crippen LogP contribution is -2.18. The number of unbranched alkanes of at least 4 members (excludes halogenated alkanes) is 1. The smallest absolute Gasteiger partial charge is 0.0163 e. The molecule has 1 heteroatoms. The van der Waals surface area contributed by atoms with Gasteiger partial charge in [-0.3, -0.25) is 0 Å². The summed E-state index contributed by atoms with van der Waals surface area (Å²) in [4.78, 5) is 0. The van der Waals surface area contributed by atoms with Crippen molar-refractivity contribution in [3.63, 3.8) is 0 Å². The minimum Gasteiger partial charge on any atom is -0.159 e. The maximum absolute atomic E-state index is 3.80. The average Bonchev–Trinajstić information content (AvgIpc) is 2.13. The summed E-state index contributed by atoms with van der Waals surface area (Å²) in [6.07, 6.45) is 8.75. The van der Waals surface area contributed by atoms with Crippen LogP contribution in [0.5, 0.6) is 0 Å². The van der Waals surface area contributed by atoms with Gasteiger partial charge in [0.25, 0.3) is 0 Å². The van der Waals surface area contributed by atoms with Gasteiger partial charge in [-0.2, -0.15) is 11.8 Å². The Bertz CT molecular complexity index is 197. The summed E-state index contributed by atoms with van der Waals surface area (Å²) < 4.78 is 0.372. The van der Waals surface area contributed by atoms with Gasteiger partial charge in [0.05, 0.1) is 0 Å². The lowest BCUT2D eigenvalue weighted by molar-refractivity contribution is 0.572. The van der Waals surface area contributed by atoms with Gasteiger partial charge in [-0.15, -0.1) is 18.4 Å². The molecule has 0 spiro atoms. The van der Waals surface area contributed by atoms with Crippen molar-refractivity contribution >= 4 is 11.8 Å². The van der Waals surface area contributed by atoms with E-state index < -0.39 is 0 Å². The first-order valence-electron chi connectivity index (χ1n) is 4.74. The highest BCUT2D eigenvalue weighted by Gasteiger charge is 2.19. The van der Waals surface area contributed by atoms with E-state index in [4.69, 9.17) is 0 Å². The summed E-state index contributed by atoms with van der Waals surface area (Å²) >= 11 is 1.94. The van der Waals surface area contributed by atoms with Crippen LogP contribution in [-0.2, 0) is 0 Å². The molecule has 1 unspecified atom stereocenters. The van der Waals surface area contributed by atoms with Crippen LogP contribution in [0.25, 0.3) is 0 Å². The van der Waals surface area contributed by atoms with Gasteiger partial charge in [-0.25, -0.2) is 0 Å². The molecule has 0 rings (SSSR count). The highest BCUT2D eigenvalue weighted by Crippen LogP contribution is 2.31. The van der Waals surface area contributed by atoms with E-state index in [-0.39, 0.29) is 0 Å². The first-order valence-corrected chi connectivity index (χ1v) is 5.96. The number of allylic oxidation sites excluding steroid dienone is 1. The molecule has 0 bridgehead atoms. The summed E-state index contributed by atoms with van der Waals surface area (Å²) in [5.41, 5.74) is 0. The van der Waals surface area contributed by atoms with Crippen molar-refractivity contribution < 1.29 is 0 Å². The molecule has 0 saturated heterocycles. The lowest BCUT2D eigenvalue weighted by atomic mass is 9.99. The van der Waals surface area contributed by atoms with E-state index in [1.165, 1.54) is 12.8 Å². The molecule has 0 aromatic rings. The van der Waals surface area contributed by atoms with E-state index in [9.17, 15) is 0 Å². The Morgan fingerprint density at radius 1 is 1.54 bits per heavy atom. The van der Waals surface area contributed by atoms with Crippen molar-refractivity contribution in [3.8, 4) is 11.8 Å². The predicted molar refractivity (Wildman–Crippen MR) is 64.0 cm³/mol. The van der Waals surface area contributed by atoms with E-state index in [2.05, 4.69) is 31.6 Å². The van der Waals surface area contributed by atoms with Crippen LogP contribution in [0.2, 0.25) is 0 Å². The van der Waals surface area contributed by atoms with Gasteiger partial charge in [-0.05, 0) is 32.4 Å². The monoisotopic (exact) mass is 196 g/mol. The SMILES string of the molecule is C=CCC(C)(CCCC#CC)SC. The third-order valence-electron chi connectivity index (χ3n) is 2.25. The van der Waals surface area contributed by atoms with Gasteiger partial charge in [0, 0.05) is 11.2 Å². The van der Waals surface area contributed by atoms with E-state index in [1.807, 2.05) is 24.8 Å². The number of rotatable bonds is 6. The Labute approximate surface area is 87.2 Å². The Balaban J connectivity index is 3.80. The van der Waals surface area contributed by atoms with Gasteiger partial charge in [0.15, 0.2) is 0 Å². The summed E-state index contributed by atoms with van der Waals surface area (Å²) in [7, 11) is 0. The number of hydrogen-bond acceptors (Lipinski definition) is 1. The molecule has 0 fully saturated rings. The van der Waals surface area contributed by atoms with Gasteiger partial charge < -0.3 is 0 Å². The maximum atomic E-state index is 3.80. The fourth-order valence-electron chi connectivity index (χ4n) is 1.27. The van der Waals surface area contributed by atoms with Crippen molar-refractivity contribution in [2.75, 3.05) is 6.26 Å². The molecule has 0 aliphatic rings. The highest BCUT2D eigenvalue weighted by atomic mass is 32.2. The van der Waals surface area contributed by atoms with Gasteiger partial charge in [-0.1, -0.05) is 13.0 Å². The maximum Gasteiger partial charge on any atom is 0.0163 e. The minimum absolute atomic E-state index is 0.372. The first-order chi connectivity index (χ1) is 6.18. The zero-order valence-corrected chi connectivity index (χ0v) is 9.84. The third kappa shape index (κ3) is 5.82. The van der Waals surface area contributed by atoms with Crippen LogP contribution in [0.15, 0.2) is 12.7 Å². The fourth-order valence-corrected chi connectivity index (χ4v) is 1.90. The Morgan fingerprint density at radius 3 is 2.69 bits per heavy atom. The molecule has 0 aliphatic heterocycles. The van der Waals surface area contributed by atoms with Crippen LogP contribution in [0.3, 0.4) is 0 Å². The summed E-state index contributed by atoms with van der Waals surface area (Å²) in [6, 6.07) is 0. The summed E-state index contributed by atoms with van der Waals surface area (Å²) in [5, 5.41) is 0. The second kappa shape index (κ2) is 7.09. The molecule has 74 valence electrons. The van der Waals surface area contributed by atoms with Gasteiger partial charge >= 0.3 is 0 Å². The zero-order valence-electron chi connectivity index (χ0n) is 9.02. The first kappa shape index (κ1) is 12.7. The van der Waals surface area contributed by atoms with Crippen LogP contribution >= 0.6 is 11.8 Å². The van der Waals surface area contributed by atoms with Crippen molar-refractivity contribution in [1.82, 2.24) is 0 Å². The van der Waals surface area contributed by atoms with E-state index in [0.29, 0.717) is 4.75 Å². The second-order valence-electron chi connectivity index (χ2n) is 3.43. The number of hydrogen-bond donors (Lipinski definition) is 0. The normalized spacial score (nSPS) is 14.1. The molecule has 0 nitrogen and oxygen atoms in total. The summed E-state index contributed by atoms with van der Waals surface area (Å²) in [5.74, 6) is 6.03. The highest BCUT2D eigenvalue weighted by molar-refractivity contribution is 7.99. The predicted octanol–water partition coefficient (Wildman–Crippen LogP) is 3.88. The van der Waals surface area contributed by atoms with E-state index in [1.54, 1.807) is 0 Å². The van der Waals surface area contributed by atoms with Crippen molar-refractivity contribution in [2.45, 2.75) is 44.3 Å². The largest absolute Gasteiger partial charge is 0.159 e. The van der Waals surface area contributed by atoms with E-state index >= 15 is 0 Å². The molecule has 0 N–H and O–H groups in total. The molecular weight excluding hydrogens is 176 g/mol. The molecular formula is C12H20S. The van der Waals surface area contributed by atoms with E-state index in [0.717, 1.165) is 12.8 Å². The molecule has 0 aromatic carbocycles. The van der Waals surface area contributed by atoms with Crippen LogP contribution in [0.1, 0.15) is 39.5 Å². The Kier molecular flexibility index (Phi) is 6.90. The molecule has 13 heavy (non-hydrogen) atoms. The molecule has 0 saturated carbocycles. The summed E-state index contributed by atoms with van der Waals surface area (Å²) in [6.45, 7) is 8.00. The van der Waals surface area contributed by atoms with Gasteiger partial charge in [0.2, 0.25) is 0 Å². The molecule has 0 radical (unpaired) electrons. The Hall–Kier alpha value is -0.350. The van der Waals surface area contributed by atoms with Crippen molar-refractivity contribution in [3.05, 3.63) is 12.7 Å². The van der Waals surface area contributed by atoms with Crippen molar-refractivity contribution in [2.24, 2.45) is 0 Å². The van der Waals surface area contributed by atoms with Crippen LogP contribution in [0, 0.1) is 11.8 Å². The molecule has 0 aliphatic carbocycles. The van der Waals surface area contributed by atoms with Crippen molar-refractivity contribution in [1.29, 1.82) is 0 Å². The molecule has 1 atom stereocenters. The molecule has 0 heterocycles. The van der Waals surface area contributed by atoms with Crippen LogP contribution in [-0.4, -0.2) is 11.0 Å². The molecule has 0 aromatic heterocycles. The number of thioether (sulfide) groups is 1. The Morgan fingerprint density at radius 2 is 2.23 bits per heavy atom. The van der Waals surface area contributed by atoms with Crippen LogP contribution < -0.4 is 0 Å². The fraction of sp³-hybridized carbons (Fsp3) is 0.667. The third-order valence-corrected chi connectivity index (χ3v) is 3.61. The molecule has 0 amide bonds. The quantitative estimate of drug-likeness (QED) is 0.353. The van der Waals surface area contributed by atoms with Gasteiger partial charge in [0.1, 0.15) is 0 Å². The second-order valence-corrected chi connectivity index (χ2v) is 4.82. The standard InChI is InChI=1S/C12H20S/c1-5-7-8-9-11-12(3,13-4)10-6-2/h6H,2,8-11H2,1,3-4H3.